The Bertz CT molecular complexity index is 70.9. The van der Waals surface area contributed by atoms with E-state index in [4.69, 9.17) is 4.74 Å². The van der Waals surface area contributed by atoms with Gasteiger partial charge in [-0.3, -0.25) is 0 Å². The molecule has 1 unspecified atom stereocenters. The Hall–Kier alpha value is -0.110. The molecule has 0 heterocycles. The molecular weight excluding hydrogens is 120 g/mol. The van der Waals surface area contributed by atoms with Crippen LogP contribution in [0, 0.1) is 5.92 Å². The summed E-state index contributed by atoms with van der Waals surface area (Å²) in [5.74, 6) is 0.519. The van der Waals surface area contributed by atoms with Crippen molar-refractivity contribution in [1.29, 1.82) is 0 Å². The monoisotopic (exact) mass is 131 g/mol. The molecule has 0 rings (SSSR count). The Morgan fingerprint density at radius 3 is 2.00 bits per heavy atom. The van der Waals surface area contributed by atoms with E-state index in [2.05, 4.69) is 31.6 Å². The third-order valence-electron chi connectivity index (χ3n) is 1.17. The second kappa shape index (κ2) is 3.84. The van der Waals surface area contributed by atoms with E-state index in [1.165, 1.54) is 0 Å². The molecule has 1 nitrogen and oxygen atoms in total. The Balaban J connectivity index is 3.30. The summed E-state index contributed by atoms with van der Waals surface area (Å²) in [6.07, 6.45) is 0.201. The fraction of sp³-hybridized carbons (Fsp3) is 0.833. The minimum Gasteiger partial charge on any atom is -0.477 e. The normalized spacial score (nSPS) is 13.5. The Morgan fingerprint density at radius 1 is 1.38 bits per heavy atom. The van der Waals surface area contributed by atoms with Gasteiger partial charge in [0.1, 0.15) is 0 Å². The van der Waals surface area contributed by atoms with Crippen LogP contribution in [0.3, 0.4) is 0 Å². The number of thiocarbonyl (C=S) groups is 1. The van der Waals surface area contributed by atoms with Gasteiger partial charge in [-0.25, -0.2) is 0 Å². The maximum Gasteiger partial charge on any atom is 0.239 e. The molecule has 0 aromatic rings. The topological polar surface area (TPSA) is 9.23 Å². The van der Waals surface area contributed by atoms with E-state index in [-0.39, 0.29) is 6.10 Å². The van der Waals surface area contributed by atoms with Gasteiger partial charge in [-0.2, -0.15) is 0 Å². The van der Waals surface area contributed by atoms with E-state index < -0.39 is 0 Å². The minimum atomic E-state index is 0.201. The lowest BCUT2D eigenvalue weighted by molar-refractivity contribution is 0.172. The lowest BCUT2D eigenvalue weighted by Gasteiger charge is -2.12. The zero-order chi connectivity index (χ0) is 6.57. The predicted octanol–water partition coefficient (Wildman–Crippen LogP) is 1.88. The van der Waals surface area contributed by atoms with Crippen molar-refractivity contribution < 1.29 is 4.74 Å². The summed E-state index contributed by atoms with van der Waals surface area (Å²) < 4.78 is 4.87. The number of hydrogen-bond acceptors (Lipinski definition) is 2. The van der Waals surface area contributed by atoms with Gasteiger partial charge < -0.3 is 4.74 Å². The highest BCUT2D eigenvalue weighted by Crippen LogP contribution is 2.02. The maximum atomic E-state index is 4.87. The molecule has 0 aliphatic heterocycles. The summed E-state index contributed by atoms with van der Waals surface area (Å²) in [6.45, 7) is 6.14. The molecule has 0 bridgehead atoms. The van der Waals surface area contributed by atoms with Crippen molar-refractivity contribution >= 4 is 17.8 Å². The third kappa shape index (κ3) is 2.97. The first-order chi connectivity index (χ1) is 3.68. The summed E-state index contributed by atoms with van der Waals surface area (Å²) in [5.41, 5.74) is 2.23. The molecule has 0 saturated carbocycles. The van der Waals surface area contributed by atoms with Crippen LogP contribution < -0.4 is 0 Å². The van der Waals surface area contributed by atoms with Crippen molar-refractivity contribution in [3.05, 3.63) is 0 Å². The van der Waals surface area contributed by atoms with Crippen molar-refractivity contribution in [2.45, 2.75) is 26.9 Å². The molecular formula is C6H11OS. The predicted molar refractivity (Wildman–Crippen MR) is 38.0 cm³/mol. The number of hydrogen-bond donors (Lipinski definition) is 0. The van der Waals surface area contributed by atoms with Crippen LogP contribution >= 0.6 is 12.2 Å². The van der Waals surface area contributed by atoms with Gasteiger partial charge in [-0.15, -0.1) is 0 Å². The molecule has 0 aromatic heterocycles. The first kappa shape index (κ1) is 7.89. The summed E-state index contributed by atoms with van der Waals surface area (Å²) in [6, 6.07) is 0. The van der Waals surface area contributed by atoms with Crippen molar-refractivity contribution in [3.63, 3.8) is 0 Å². The molecule has 0 aliphatic rings. The lowest BCUT2D eigenvalue weighted by atomic mass is 10.1. The van der Waals surface area contributed by atoms with E-state index in [1.807, 2.05) is 6.92 Å². The molecule has 0 saturated heterocycles. The van der Waals surface area contributed by atoms with Gasteiger partial charge >= 0.3 is 0 Å². The molecule has 8 heavy (non-hydrogen) atoms. The van der Waals surface area contributed by atoms with Gasteiger partial charge in [-0.1, -0.05) is 13.8 Å². The van der Waals surface area contributed by atoms with Gasteiger partial charge in [0.15, 0.2) is 0 Å². The zero-order valence-electron chi connectivity index (χ0n) is 5.47. The Kier molecular flexibility index (Phi) is 3.79. The fourth-order valence-corrected chi connectivity index (χ4v) is 0.364. The van der Waals surface area contributed by atoms with Crippen LogP contribution in [0.2, 0.25) is 0 Å². The quantitative estimate of drug-likeness (QED) is 0.541. The zero-order valence-corrected chi connectivity index (χ0v) is 6.29. The van der Waals surface area contributed by atoms with E-state index in [1.54, 1.807) is 0 Å². The van der Waals surface area contributed by atoms with Gasteiger partial charge in [0.2, 0.25) is 5.55 Å². The van der Waals surface area contributed by atoms with E-state index >= 15 is 0 Å². The lowest BCUT2D eigenvalue weighted by Crippen LogP contribution is -2.13. The van der Waals surface area contributed by atoms with Crippen LogP contribution in [0.1, 0.15) is 20.8 Å². The molecule has 1 radical (unpaired) electrons. The molecule has 0 N–H and O–H groups in total. The highest BCUT2D eigenvalue weighted by molar-refractivity contribution is 7.78. The molecule has 1 atom stereocenters. The largest absolute Gasteiger partial charge is 0.477 e. The van der Waals surface area contributed by atoms with Crippen molar-refractivity contribution in [1.82, 2.24) is 0 Å². The van der Waals surface area contributed by atoms with Gasteiger partial charge in [0, 0.05) is 0 Å². The molecule has 0 fully saturated rings. The molecule has 2 heteroatoms. The molecule has 0 amide bonds. The van der Waals surface area contributed by atoms with Crippen molar-refractivity contribution in [3.8, 4) is 0 Å². The standard InChI is InChI=1S/C6H11OS/c1-5(2)6(3)7-4-8/h5-6H,1-3H3. The number of rotatable bonds is 3. The highest BCUT2D eigenvalue weighted by atomic mass is 32.1. The molecule has 0 aromatic carbocycles. The number of ether oxygens (including phenoxy) is 1. The third-order valence-corrected chi connectivity index (χ3v) is 1.27. The average Bonchev–Trinajstić information content (AvgIpc) is 1.67. The minimum absolute atomic E-state index is 0.201. The highest BCUT2D eigenvalue weighted by Gasteiger charge is 2.04. The maximum absolute atomic E-state index is 4.87. The van der Waals surface area contributed by atoms with Gasteiger partial charge in [0.05, 0.1) is 6.10 Å². The Labute approximate surface area is 56.0 Å². The molecule has 0 aliphatic carbocycles. The van der Waals surface area contributed by atoms with Crippen LogP contribution in [0.15, 0.2) is 0 Å². The first-order valence-electron chi connectivity index (χ1n) is 2.71. The van der Waals surface area contributed by atoms with Crippen molar-refractivity contribution in [2.75, 3.05) is 0 Å². The van der Waals surface area contributed by atoms with Crippen LogP contribution in [0.5, 0.6) is 0 Å². The summed E-state index contributed by atoms with van der Waals surface area (Å²) in [7, 11) is 0. The van der Waals surface area contributed by atoms with E-state index in [9.17, 15) is 0 Å². The second-order valence-corrected chi connectivity index (χ2v) is 2.32. The fourth-order valence-electron chi connectivity index (χ4n) is 0.212. The molecule has 0 spiro atoms. The van der Waals surface area contributed by atoms with Crippen LogP contribution in [0.25, 0.3) is 0 Å². The van der Waals surface area contributed by atoms with Crippen LogP contribution in [-0.4, -0.2) is 11.7 Å². The van der Waals surface area contributed by atoms with Crippen LogP contribution in [0.4, 0.5) is 0 Å². The average molecular weight is 131 g/mol. The summed E-state index contributed by atoms with van der Waals surface area (Å²) in [4.78, 5) is 0. The van der Waals surface area contributed by atoms with E-state index in [0.29, 0.717) is 5.92 Å². The van der Waals surface area contributed by atoms with Crippen LogP contribution in [-0.2, 0) is 4.74 Å². The smallest absolute Gasteiger partial charge is 0.239 e. The summed E-state index contributed by atoms with van der Waals surface area (Å²) >= 11 is 4.38. The van der Waals surface area contributed by atoms with E-state index in [0.717, 1.165) is 0 Å². The van der Waals surface area contributed by atoms with Crippen molar-refractivity contribution in [2.24, 2.45) is 5.92 Å². The van der Waals surface area contributed by atoms with Gasteiger partial charge in [0.25, 0.3) is 0 Å². The summed E-state index contributed by atoms with van der Waals surface area (Å²) in [5, 5.41) is 0. The van der Waals surface area contributed by atoms with Gasteiger partial charge in [-0.05, 0) is 25.1 Å². The SMILES string of the molecule is CC(C)C(C)O[C]=S. The second-order valence-electron chi connectivity index (χ2n) is 2.15. The Morgan fingerprint density at radius 2 is 1.88 bits per heavy atom. The molecule has 47 valence electrons. The first-order valence-corrected chi connectivity index (χ1v) is 3.12.